The smallest absolute Gasteiger partial charge is 0.255 e. The predicted molar refractivity (Wildman–Crippen MR) is 113 cm³/mol. The van der Waals surface area contributed by atoms with Gasteiger partial charge < -0.3 is 15.2 Å². The third kappa shape index (κ3) is 5.23. The maximum absolute atomic E-state index is 12.9. The number of rotatable bonds is 8. The fourth-order valence-electron chi connectivity index (χ4n) is 2.91. The first-order valence-corrected chi connectivity index (χ1v) is 9.68. The van der Waals surface area contributed by atoms with Gasteiger partial charge in [0.1, 0.15) is 11.4 Å². The molecule has 0 saturated carbocycles. The Morgan fingerprint density at radius 2 is 1.97 bits per heavy atom. The molecule has 0 fully saturated rings. The molecule has 0 saturated heterocycles. The van der Waals surface area contributed by atoms with E-state index in [1.807, 2.05) is 61.5 Å². The van der Waals surface area contributed by atoms with Gasteiger partial charge in [0.25, 0.3) is 5.91 Å². The van der Waals surface area contributed by atoms with Gasteiger partial charge in [0.05, 0.1) is 24.8 Å². The van der Waals surface area contributed by atoms with Crippen LogP contribution in [-0.4, -0.2) is 40.0 Å². The minimum Gasteiger partial charge on any atom is -0.497 e. The highest BCUT2D eigenvalue weighted by atomic mass is 16.5. The summed E-state index contributed by atoms with van der Waals surface area (Å²) in [5.41, 5.74) is 1.97. The summed E-state index contributed by atoms with van der Waals surface area (Å²) < 4.78 is 7.08. The molecular formula is C23H27N3O3. The molecule has 0 aliphatic heterocycles. The number of amides is 1. The molecule has 6 heteroatoms. The van der Waals surface area contributed by atoms with Gasteiger partial charge in [-0.25, -0.2) is 0 Å². The van der Waals surface area contributed by atoms with E-state index < -0.39 is 5.60 Å². The Morgan fingerprint density at radius 3 is 2.66 bits per heavy atom. The quantitative estimate of drug-likeness (QED) is 0.614. The van der Waals surface area contributed by atoms with E-state index in [0.29, 0.717) is 30.0 Å². The van der Waals surface area contributed by atoms with Gasteiger partial charge in [-0.15, -0.1) is 0 Å². The average molecular weight is 393 g/mol. The number of aromatic nitrogens is 2. The second kappa shape index (κ2) is 8.92. The molecule has 1 aromatic heterocycles. The first-order chi connectivity index (χ1) is 13.9. The molecule has 2 N–H and O–H groups in total. The number of ether oxygens (including phenoxy) is 1. The predicted octanol–water partition coefficient (Wildman–Crippen LogP) is 3.50. The van der Waals surface area contributed by atoms with Crippen molar-refractivity contribution in [3.63, 3.8) is 0 Å². The number of methoxy groups -OCH3 is 1. The summed E-state index contributed by atoms with van der Waals surface area (Å²) in [6.45, 7) is 4.31. The van der Waals surface area contributed by atoms with Gasteiger partial charge in [0.2, 0.25) is 0 Å². The topological polar surface area (TPSA) is 76.4 Å². The van der Waals surface area contributed by atoms with Crippen LogP contribution in [0.5, 0.6) is 5.75 Å². The molecule has 0 aliphatic rings. The van der Waals surface area contributed by atoms with Crippen LogP contribution in [0, 0.1) is 0 Å². The molecule has 1 atom stereocenters. The lowest BCUT2D eigenvalue weighted by Crippen LogP contribution is -2.40. The van der Waals surface area contributed by atoms with Gasteiger partial charge in [-0.3, -0.25) is 9.48 Å². The number of aliphatic hydroxyl groups is 1. The van der Waals surface area contributed by atoms with E-state index >= 15 is 0 Å². The number of nitrogens with zero attached hydrogens (tertiary/aromatic N) is 2. The molecule has 1 heterocycles. The third-order valence-electron chi connectivity index (χ3n) is 4.93. The van der Waals surface area contributed by atoms with E-state index in [1.165, 1.54) is 0 Å². The maximum atomic E-state index is 12.9. The summed E-state index contributed by atoms with van der Waals surface area (Å²) in [5, 5.41) is 17.7. The Labute approximate surface area is 171 Å². The van der Waals surface area contributed by atoms with Crippen molar-refractivity contribution < 1.29 is 14.6 Å². The molecule has 6 nitrogen and oxygen atoms in total. The van der Waals surface area contributed by atoms with E-state index in [0.717, 1.165) is 11.1 Å². The zero-order chi connectivity index (χ0) is 20.9. The van der Waals surface area contributed by atoms with Crippen LogP contribution in [0.15, 0.2) is 60.8 Å². The van der Waals surface area contributed by atoms with Gasteiger partial charge in [0, 0.05) is 18.3 Å². The largest absolute Gasteiger partial charge is 0.497 e. The minimum atomic E-state index is -0.953. The second-order valence-electron chi connectivity index (χ2n) is 7.34. The normalized spacial score (nSPS) is 13.0. The Hall–Kier alpha value is -3.12. The number of carbonyl (C=O) groups excluding carboxylic acids is 1. The number of hydrogen-bond donors (Lipinski definition) is 2. The van der Waals surface area contributed by atoms with Crippen molar-refractivity contribution >= 4 is 5.91 Å². The van der Waals surface area contributed by atoms with Crippen molar-refractivity contribution in [3.05, 3.63) is 71.9 Å². The Balaban J connectivity index is 1.94. The summed E-state index contributed by atoms with van der Waals surface area (Å²) in [7, 11) is 1.60. The van der Waals surface area contributed by atoms with Crippen molar-refractivity contribution in [2.24, 2.45) is 0 Å². The SMILES string of the molecule is CCC(C)(O)CNC(=O)c1cn(Cc2ccccc2)nc1-c1cccc(OC)c1. The highest BCUT2D eigenvalue weighted by molar-refractivity contribution is 5.99. The lowest BCUT2D eigenvalue weighted by Gasteiger charge is -2.21. The molecule has 3 rings (SSSR count). The van der Waals surface area contributed by atoms with E-state index in [9.17, 15) is 9.90 Å². The Morgan fingerprint density at radius 1 is 1.21 bits per heavy atom. The summed E-state index contributed by atoms with van der Waals surface area (Å²) in [4.78, 5) is 12.9. The minimum absolute atomic E-state index is 0.170. The molecule has 0 bridgehead atoms. The van der Waals surface area contributed by atoms with Crippen LogP contribution >= 0.6 is 0 Å². The highest BCUT2D eigenvalue weighted by Gasteiger charge is 2.22. The zero-order valence-electron chi connectivity index (χ0n) is 17.1. The Kier molecular flexibility index (Phi) is 6.34. The van der Waals surface area contributed by atoms with Crippen molar-refractivity contribution in [2.75, 3.05) is 13.7 Å². The molecule has 1 unspecified atom stereocenters. The van der Waals surface area contributed by atoms with Crippen LogP contribution in [0.25, 0.3) is 11.3 Å². The molecule has 0 spiro atoms. The van der Waals surface area contributed by atoms with Gasteiger partial charge in [-0.05, 0) is 31.0 Å². The van der Waals surface area contributed by atoms with Crippen molar-refractivity contribution in [1.82, 2.24) is 15.1 Å². The molecule has 29 heavy (non-hydrogen) atoms. The number of nitrogens with one attached hydrogen (secondary N) is 1. The third-order valence-corrected chi connectivity index (χ3v) is 4.93. The lowest BCUT2D eigenvalue weighted by molar-refractivity contribution is 0.0518. The fraction of sp³-hybridized carbons (Fsp3) is 0.304. The summed E-state index contributed by atoms with van der Waals surface area (Å²) in [6.07, 6.45) is 2.29. The summed E-state index contributed by atoms with van der Waals surface area (Å²) >= 11 is 0. The molecular weight excluding hydrogens is 366 g/mol. The maximum Gasteiger partial charge on any atom is 0.255 e. The van der Waals surface area contributed by atoms with Crippen LogP contribution in [0.2, 0.25) is 0 Å². The van der Waals surface area contributed by atoms with Crippen molar-refractivity contribution in [1.29, 1.82) is 0 Å². The summed E-state index contributed by atoms with van der Waals surface area (Å²) in [6, 6.07) is 17.4. The van der Waals surface area contributed by atoms with Crippen LogP contribution in [0.4, 0.5) is 0 Å². The standard InChI is InChI=1S/C23H27N3O3/c1-4-23(2,28)16-24-22(27)20-15-26(14-17-9-6-5-7-10-17)25-21(20)18-11-8-12-19(13-18)29-3/h5-13,15,28H,4,14,16H2,1-3H3,(H,24,27). The van der Waals surface area contributed by atoms with E-state index in [4.69, 9.17) is 4.74 Å². The molecule has 0 radical (unpaired) electrons. The van der Waals surface area contributed by atoms with Crippen LogP contribution in [0.1, 0.15) is 36.2 Å². The van der Waals surface area contributed by atoms with Gasteiger partial charge >= 0.3 is 0 Å². The van der Waals surface area contributed by atoms with E-state index in [2.05, 4.69) is 10.4 Å². The van der Waals surface area contributed by atoms with Gasteiger partial charge in [0.15, 0.2) is 0 Å². The fourth-order valence-corrected chi connectivity index (χ4v) is 2.91. The first kappa shape index (κ1) is 20.6. The molecule has 1 amide bonds. The number of carbonyl (C=O) groups is 1. The number of hydrogen-bond acceptors (Lipinski definition) is 4. The zero-order valence-corrected chi connectivity index (χ0v) is 17.1. The van der Waals surface area contributed by atoms with Crippen LogP contribution in [-0.2, 0) is 6.54 Å². The van der Waals surface area contributed by atoms with E-state index in [-0.39, 0.29) is 12.5 Å². The molecule has 3 aromatic rings. The average Bonchev–Trinajstić information content (AvgIpc) is 3.16. The van der Waals surface area contributed by atoms with Crippen molar-refractivity contribution in [3.8, 4) is 17.0 Å². The molecule has 2 aromatic carbocycles. The molecule has 152 valence electrons. The van der Waals surface area contributed by atoms with E-state index in [1.54, 1.807) is 24.9 Å². The number of benzene rings is 2. The first-order valence-electron chi connectivity index (χ1n) is 9.68. The van der Waals surface area contributed by atoms with Crippen LogP contribution in [0.3, 0.4) is 0 Å². The molecule has 0 aliphatic carbocycles. The second-order valence-corrected chi connectivity index (χ2v) is 7.34. The highest BCUT2D eigenvalue weighted by Crippen LogP contribution is 2.26. The van der Waals surface area contributed by atoms with Crippen molar-refractivity contribution in [2.45, 2.75) is 32.4 Å². The van der Waals surface area contributed by atoms with Crippen LogP contribution < -0.4 is 10.1 Å². The monoisotopic (exact) mass is 393 g/mol. The Bertz CT molecular complexity index is 965. The van der Waals surface area contributed by atoms with Gasteiger partial charge in [-0.1, -0.05) is 49.4 Å². The van der Waals surface area contributed by atoms with Gasteiger partial charge in [-0.2, -0.15) is 5.10 Å². The summed E-state index contributed by atoms with van der Waals surface area (Å²) in [5.74, 6) is 0.427. The lowest BCUT2D eigenvalue weighted by atomic mass is 10.0.